The van der Waals surface area contributed by atoms with Crippen LogP contribution in [-0.4, -0.2) is 24.0 Å². The Kier molecular flexibility index (Phi) is 3.68. The van der Waals surface area contributed by atoms with E-state index in [1.165, 1.54) is 0 Å². The molecule has 1 rings (SSSR count). The summed E-state index contributed by atoms with van der Waals surface area (Å²) >= 11 is 0. The Morgan fingerprint density at radius 1 is 1.80 bits per heavy atom. The molecule has 1 aliphatic heterocycles. The molecule has 0 aromatic carbocycles. The van der Waals surface area contributed by atoms with Crippen LogP contribution in [0, 0.1) is 0 Å². The number of rotatable bonds is 1. The van der Waals surface area contributed by atoms with Crippen molar-refractivity contribution in [2.75, 3.05) is 7.05 Å². The highest BCUT2D eigenvalue weighted by Gasteiger charge is 2.24. The van der Waals surface area contributed by atoms with Crippen molar-refractivity contribution in [1.82, 2.24) is 10.4 Å². The van der Waals surface area contributed by atoms with Crippen LogP contribution in [0.15, 0.2) is 0 Å². The molecule has 1 N–H and O–H groups in total. The van der Waals surface area contributed by atoms with Crippen molar-refractivity contribution in [2.45, 2.75) is 25.8 Å². The van der Waals surface area contributed by atoms with E-state index in [-0.39, 0.29) is 18.3 Å². The van der Waals surface area contributed by atoms with Gasteiger partial charge >= 0.3 is 0 Å². The summed E-state index contributed by atoms with van der Waals surface area (Å²) < 4.78 is 0. The summed E-state index contributed by atoms with van der Waals surface area (Å²) in [7, 11) is 1.90. The molecule has 10 heavy (non-hydrogen) atoms. The number of carbonyl (C=O) groups is 1. The Balaban J connectivity index is 0.000000810. The molecular weight excluding hydrogens is 152 g/mol. The SMILES string of the molecule is CCC1CC(=O)NN1C.Cl. The van der Waals surface area contributed by atoms with E-state index >= 15 is 0 Å². The highest BCUT2D eigenvalue weighted by molar-refractivity contribution is 5.85. The lowest BCUT2D eigenvalue weighted by Gasteiger charge is -2.14. The fourth-order valence-electron chi connectivity index (χ4n) is 1.10. The van der Waals surface area contributed by atoms with Gasteiger partial charge in [0.15, 0.2) is 0 Å². The van der Waals surface area contributed by atoms with E-state index in [0.29, 0.717) is 12.5 Å². The van der Waals surface area contributed by atoms with Crippen LogP contribution in [-0.2, 0) is 4.79 Å². The van der Waals surface area contributed by atoms with Gasteiger partial charge in [0, 0.05) is 19.5 Å². The minimum atomic E-state index is 0. The normalized spacial score (nSPS) is 25.8. The van der Waals surface area contributed by atoms with Crippen molar-refractivity contribution in [1.29, 1.82) is 0 Å². The number of hydrogen-bond acceptors (Lipinski definition) is 2. The number of halogens is 1. The molecule has 1 fully saturated rings. The van der Waals surface area contributed by atoms with Crippen LogP contribution in [0.2, 0.25) is 0 Å². The zero-order valence-electron chi connectivity index (χ0n) is 6.26. The molecule has 3 nitrogen and oxygen atoms in total. The fraction of sp³-hybridized carbons (Fsp3) is 0.833. The van der Waals surface area contributed by atoms with Gasteiger partial charge < -0.3 is 0 Å². The number of carbonyl (C=O) groups excluding carboxylic acids is 1. The molecule has 1 atom stereocenters. The fourth-order valence-corrected chi connectivity index (χ4v) is 1.10. The number of nitrogens with zero attached hydrogens (tertiary/aromatic N) is 1. The van der Waals surface area contributed by atoms with Gasteiger partial charge in [0.25, 0.3) is 0 Å². The Morgan fingerprint density at radius 3 is 2.60 bits per heavy atom. The number of hydrazine groups is 1. The average molecular weight is 165 g/mol. The maximum absolute atomic E-state index is 10.7. The van der Waals surface area contributed by atoms with Gasteiger partial charge in [-0.25, -0.2) is 5.01 Å². The Labute approximate surface area is 67.2 Å². The molecule has 0 aromatic rings. The minimum absolute atomic E-state index is 0. The van der Waals surface area contributed by atoms with E-state index in [4.69, 9.17) is 0 Å². The average Bonchev–Trinajstić information content (AvgIpc) is 2.10. The van der Waals surface area contributed by atoms with Crippen LogP contribution in [0.1, 0.15) is 19.8 Å². The molecule has 0 bridgehead atoms. The first kappa shape index (κ1) is 9.72. The third-order valence-electron chi connectivity index (χ3n) is 1.74. The van der Waals surface area contributed by atoms with E-state index in [0.717, 1.165) is 6.42 Å². The van der Waals surface area contributed by atoms with E-state index in [9.17, 15) is 4.79 Å². The molecule has 1 unspecified atom stereocenters. The summed E-state index contributed by atoms with van der Waals surface area (Å²) in [6.45, 7) is 2.08. The van der Waals surface area contributed by atoms with Gasteiger partial charge in [-0.05, 0) is 6.42 Å². The Bertz CT molecular complexity index is 129. The zero-order chi connectivity index (χ0) is 6.85. The molecule has 0 saturated carbocycles. The van der Waals surface area contributed by atoms with Gasteiger partial charge in [0.1, 0.15) is 0 Å². The third kappa shape index (κ3) is 1.85. The highest BCUT2D eigenvalue weighted by Crippen LogP contribution is 2.09. The standard InChI is InChI=1S/C6H12N2O.ClH/c1-3-5-4-6(9)7-8(5)2;/h5H,3-4H2,1-2H3,(H,7,9);1H. The largest absolute Gasteiger partial charge is 0.289 e. The molecule has 1 amide bonds. The highest BCUT2D eigenvalue weighted by atomic mass is 35.5. The van der Waals surface area contributed by atoms with Crippen molar-refractivity contribution >= 4 is 18.3 Å². The van der Waals surface area contributed by atoms with E-state index in [1.807, 2.05) is 12.1 Å². The zero-order valence-corrected chi connectivity index (χ0v) is 7.07. The van der Waals surface area contributed by atoms with Crippen LogP contribution in [0.3, 0.4) is 0 Å². The van der Waals surface area contributed by atoms with Gasteiger partial charge in [0.05, 0.1) is 0 Å². The number of nitrogens with one attached hydrogen (secondary N) is 1. The quantitative estimate of drug-likeness (QED) is 0.614. The van der Waals surface area contributed by atoms with Crippen molar-refractivity contribution in [3.63, 3.8) is 0 Å². The van der Waals surface area contributed by atoms with Gasteiger partial charge in [-0.2, -0.15) is 0 Å². The van der Waals surface area contributed by atoms with Gasteiger partial charge in [0.2, 0.25) is 5.91 Å². The van der Waals surface area contributed by atoms with Gasteiger partial charge in [-0.1, -0.05) is 6.92 Å². The van der Waals surface area contributed by atoms with Crippen molar-refractivity contribution in [3.05, 3.63) is 0 Å². The smallest absolute Gasteiger partial charge is 0.235 e. The first-order valence-electron chi connectivity index (χ1n) is 3.26. The molecule has 60 valence electrons. The summed E-state index contributed by atoms with van der Waals surface area (Å²) in [4.78, 5) is 10.7. The first-order valence-corrected chi connectivity index (χ1v) is 3.26. The van der Waals surface area contributed by atoms with Crippen molar-refractivity contribution < 1.29 is 4.79 Å². The summed E-state index contributed by atoms with van der Waals surface area (Å²) in [6.07, 6.45) is 1.70. The summed E-state index contributed by atoms with van der Waals surface area (Å²) in [5.74, 6) is 0.143. The van der Waals surface area contributed by atoms with Crippen LogP contribution >= 0.6 is 12.4 Å². The van der Waals surface area contributed by atoms with Crippen LogP contribution < -0.4 is 5.43 Å². The van der Waals surface area contributed by atoms with Crippen LogP contribution in [0.5, 0.6) is 0 Å². The maximum atomic E-state index is 10.7. The lowest BCUT2D eigenvalue weighted by molar-refractivity contribution is -0.120. The van der Waals surface area contributed by atoms with Crippen molar-refractivity contribution in [2.24, 2.45) is 0 Å². The molecule has 0 aromatic heterocycles. The van der Waals surface area contributed by atoms with E-state index in [2.05, 4.69) is 12.3 Å². The Hall–Kier alpha value is -0.280. The predicted octanol–water partition coefficient (Wildman–Crippen LogP) is 0.553. The number of hydrogen-bond donors (Lipinski definition) is 1. The first-order chi connectivity index (χ1) is 4.24. The van der Waals surface area contributed by atoms with Gasteiger partial charge in [-0.3, -0.25) is 10.2 Å². The van der Waals surface area contributed by atoms with Crippen LogP contribution in [0.4, 0.5) is 0 Å². The van der Waals surface area contributed by atoms with Crippen molar-refractivity contribution in [3.8, 4) is 0 Å². The second-order valence-electron chi connectivity index (χ2n) is 2.41. The molecule has 0 spiro atoms. The summed E-state index contributed by atoms with van der Waals surface area (Å²) in [6, 6.07) is 0.414. The predicted molar refractivity (Wildman–Crippen MR) is 41.8 cm³/mol. The molecule has 1 heterocycles. The molecule has 0 aliphatic carbocycles. The Morgan fingerprint density at radius 2 is 2.40 bits per heavy atom. The second kappa shape index (κ2) is 3.78. The molecular formula is C6H13ClN2O. The second-order valence-corrected chi connectivity index (χ2v) is 2.41. The monoisotopic (exact) mass is 164 g/mol. The third-order valence-corrected chi connectivity index (χ3v) is 1.74. The molecule has 1 saturated heterocycles. The lowest BCUT2D eigenvalue weighted by atomic mass is 10.2. The van der Waals surface area contributed by atoms with Crippen LogP contribution in [0.25, 0.3) is 0 Å². The maximum Gasteiger partial charge on any atom is 0.235 e. The lowest BCUT2D eigenvalue weighted by Crippen LogP contribution is -2.33. The molecule has 4 heteroatoms. The summed E-state index contributed by atoms with van der Waals surface area (Å²) in [5, 5.41) is 1.88. The minimum Gasteiger partial charge on any atom is -0.289 e. The molecule has 1 aliphatic rings. The van der Waals surface area contributed by atoms with E-state index in [1.54, 1.807) is 0 Å². The molecule has 0 radical (unpaired) electrons. The summed E-state index contributed by atoms with van der Waals surface area (Å²) in [5.41, 5.74) is 2.71. The van der Waals surface area contributed by atoms with E-state index < -0.39 is 0 Å². The number of amides is 1. The van der Waals surface area contributed by atoms with Gasteiger partial charge in [-0.15, -0.1) is 12.4 Å². The topological polar surface area (TPSA) is 32.3 Å².